The standard InChI is InChI=1S/C7H5ClFNO2/c8-5-2-1-4(9)3-6(5)12-7(10)11/h1-3H,(H2,10,11). The molecule has 0 spiro atoms. The summed E-state index contributed by atoms with van der Waals surface area (Å²) < 4.78 is 16.9. The number of hydrogen-bond donors (Lipinski definition) is 1. The number of primary amides is 1. The van der Waals surface area contributed by atoms with Crippen LogP contribution < -0.4 is 10.5 Å². The van der Waals surface area contributed by atoms with Gasteiger partial charge in [0.05, 0.1) is 5.02 Å². The minimum Gasteiger partial charge on any atom is -0.409 e. The molecule has 3 nitrogen and oxygen atoms in total. The molecule has 0 aliphatic rings. The molecule has 5 heteroatoms. The van der Waals surface area contributed by atoms with Crippen molar-refractivity contribution in [3.63, 3.8) is 0 Å². The van der Waals surface area contributed by atoms with E-state index in [4.69, 9.17) is 17.3 Å². The maximum absolute atomic E-state index is 12.5. The lowest BCUT2D eigenvalue weighted by Crippen LogP contribution is -2.16. The van der Waals surface area contributed by atoms with Gasteiger partial charge in [0, 0.05) is 6.07 Å². The van der Waals surface area contributed by atoms with E-state index in [1.165, 1.54) is 6.07 Å². The van der Waals surface area contributed by atoms with E-state index in [0.717, 1.165) is 12.1 Å². The fourth-order valence-corrected chi connectivity index (χ4v) is 0.820. The molecule has 1 aromatic carbocycles. The zero-order valence-corrected chi connectivity index (χ0v) is 6.64. The molecule has 0 saturated heterocycles. The molecule has 2 N–H and O–H groups in total. The predicted molar refractivity (Wildman–Crippen MR) is 41.6 cm³/mol. The largest absolute Gasteiger partial charge is 0.410 e. The molecule has 0 heterocycles. The van der Waals surface area contributed by atoms with Gasteiger partial charge in [-0.25, -0.2) is 9.18 Å². The summed E-state index contributed by atoms with van der Waals surface area (Å²) in [4.78, 5) is 10.3. The first kappa shape index (κ1) is 8.80. The Morgan fingerprint density at radius 2 is 2.25 bits per heavy atom. The van der Waals surface area contributed by atoms with Gasteiger partial charge in [0.2, 0.25) is 0 Å². The van der Waals surface area contributed by atoms with E-state index in [0.29, 0.717) is 0 Å². The molecular formula is C7H5ClFNO2. The Labute approximate surface area is 72.9 Å². The maximum Gasteiger partial charge on any atom is 0.410 e. The smallest absolute Gasteiger partial charge is 0.409 e. The molecule has 0 radical (unpaired) electrons. The van der Waals surface area contributed by atoms with Crippen molar-refractivity contribution in [3.05, 3.63) is 29.0 Å². The summed E-state index contributed by atoms with van der Waals surface area (Å²) in [7, 11) is 0. The predicted octanol–water partition coefficient (Wildman–Crippen LogP) is 1.94. The molecular weight excluding hydrogens is 185 g/mol. The normalized spacial score (nSPS) is 9.50. The lowest BCUT2D eigenvalue weighted by atomic mass is 10.3. The maximum atomic E-state index is 12.5. The van der Waals surface area contributed by atoms with Crippen LogP contribution in [0.15, 0.2) is 18.2 Å². The number of amides is 1. The monoisotopic (exact) mass is 189 g/mol. The third kappa shape index (κ3) is 2.10. The van der Waals surface area contributed by atoms with E-state index in [9.17, 15) is 9.18 Å². The third-order valence-corrected chi connectivity index (χ3v) is 1.42. The highest BCUT2D eigenvalue weighted by Crippen LogP contribution is 2.24. The number of hydrogen-bond acceptors (Lipinski definition) is 2. The quantitative estimate of drug-likeness (QED) is 0.734. The van der Waals surface area contributed by atoms with Crippen molar-refractivity contribution in [2.45, 2.75) is 0 Å². The van der Waals surface area contributed by atoms with Crippen molar-refractivity contribution in [2.75, 3.05) is 0 Å². The average molecular weight is 190 g/mol. The van der Waals surface area contributed by atoms with Gasteiger partial charge in [-0.05, 0) is 12.1 Å². The van der Waals surface area contributed by atoms with E-state index in [2.05, 4.69) is 4.74 Å². The highest BCUT2D eigenvalue weighted by Gasteiger charge is 2.05. The Hall–Kier alpha value is -1.29. The van der Waals surface area contributed by atoms with Gasteiger partial charge in [0.25, 0.3) is 0 Å². The molecule has 0 bridgehead atoms. The summed E-state index contributed by atoms with van der Waals surface area (Å²) in [5.74, 6) is -0.625. The van der Waals surface area contributed by atoms with Crippen molar-refractivity contribution in [1.29, 1.82) is 0 Å². The SMILES string of the molecule is NC(=O)Oc1cc(F)ccc1Cl. The van der Waals surface area contributed by atoms with Gasteiger partial charge in [-0.3, -0.25) is 0 Å². The number of carbonyl (C=O) groups is 1. The fourth-order valence-electron chi connectivity index (χ4n) is 0.664. The third-order valence-electron chi connectivity index (χ3n) is 1.10. The summed E-state index contributed by atoms with van der Waals surface area (Å²) in [5, 5.41) is 0.134. The van der Waals surface area contributed by atoms with Crippen molar-refractivity contribution in [2.24, 2.45) is 5.73 Å². The second-order valence-corrected chi connectivity index (χ2v) is 2.40. The van der Waals surface area contributed by atoms with Crippen LogP contribution in [0, 0.1) is 5.82 Å². The molecule has 0 aromatic heterocycles. The van der Waals surface area contributed by atoms with Crippen LogP contribution in [0.2, 0.25) is 5.02 Å². The Bertz CT molecular complexity index is 316. The Balaban J connectivity index is 2.97. The van der Waals surface area contributed by atoms with Gasteiger partial charge in [0.15, 0.2) is 5.75 Å². The second-order valence-electron chi connectivity index (χ2n) is 2.00. The molecule has 1 amide bonds. The minimum atomic E-state index is -1.03. The van der Waals surface area contributed by atoms with Crippen molar-refractivity contribution >= 4 is 17.7 Å². The minimum absolute atomic E-state index is 0.0795. The number of ether oxygens (including phenoxy) is 1. The number of nitrogens with two attached hydrogens (primary N) is 1. The van der Waals surface area contributed by atoms with E-state index >= 15 is 0 Å². The summed E-state index contributed by atoms with van der Waals surface area (Å²) in [5.41, 5.74) is 4.70. The van der Waals surface area contributed by atoms with Crippen LogP contribution in [0.25, 0.3) is 0 Å². The van der Waals surface area contributed by atoms with E-state index in [1.54, 1.807) is 0 Å². The van der Waals surface area contributed by atoms with Gasteiger partial charge < -0.3 is 10.5 Å². The topological polar surface area (TPSA) is 52.3 Å². The summed E-state index contributed by atoms with van der Waals surface area (Å²) in [6, 6.07) is 3.40. The molecule has 0 unspecified atom stereocenters. The van der Waals surface area contributed by atoms with Gasteiger partial charge in [-0.1, -0.05) is 11.6 Å². The summed E-state index contributed by atoms with van der Waals surface area (Å²) in [6.07, 6.45) is -1.03. The molecule has 0 aliphatic carbocycles. The highest BCUT2D eigenvalue weighted by molar-refractivity contribution is 6.32. The average Bonchev–Trinajstić information content (AvgIpc) is 1.96. The van der Waals surface area contributed by atoms with Crippen molar-refractivity contribution in [3.8, 4) is 5.75 Å². The first-order valence-electron chi connectivity index (χ1n) is 3.02. The van der Waals surface area contributed by atoms with Crippen LogP contribution in [0.4, 0.5) is 9.18 Å². The van der Waals surface area contributed by atoms with Gasteiger partial charge >= 0.3 is 6.09 Å². The molecule has 64 valence electrons. The number of benzene rings is 1. The summed E-state index contributed by atoms with van der Waals surface area (Å²) in [6.45, 7) is 0. The van der Waals surface area contributed by atoms with Crippen LogP contribution >= 0.6 is 11.6 Å². The molecule has 0 saturated carbocycles. The summed E-state index contributed by atoms with van der Waals surface area (Å²) >= 11 is 5.54. The van der Waals surface area contributed by atoms with Crippen LogP contribution in [0.3, 0.4) is 0 Å². The zero-order chi connectivity index (χ0) is 9.14. The Morgan fingerprint density at radius 1 is 1.58 bits per heavy atom. The van der Waals surface area contributed by atoms with Gasteiger partial charge in [-0.15, -0.1) is 0 Å². The molecule has 0 aliphatic heterocycles. The molecule has 1 rings (SSSR count). The molecule has 12 heavy (non-hydrogen) atoms. The number of halogens is 2. The molecule has 0 atom stereocenters. The van der Waals surface area contributed by atoms with Gasteiger partial charge in [0.1, 0.15) is 5.82 Å². The van der Waals surface area contributed by atoms with Crippen LogP contribution in [-0.2, 0) is 0 Å². The number of rotatable bonds is 1. The van der Waals surface area contributed by atoms with Crippen LogP contribution in [0.1, 0.15) is 0 Å². The van der Waals surface area contributed by atoms with Crippen LogP contribution in [0.5, 0.6) is 5.75 Å². The Kier molecular flexibility index (Phi) is 2.50. The second kappa shape index (κ2) is 3.40. The first-order valence-corrected chi connectivity index (χ1v) is 3.40. The first-order chi connectivity index (χ1) is 5.59. The number of carbonyl (C=O) groups excluding carboxylic acids is 1. The molecule has 1 aromatic rings. The van der Waals surface area contributed by atoms with E-state index in [1.807, 2.05) is 0 Å². The van der Waals surface area contributed by atoms with Crippen LogP contribution in [-0.4, -0.2) is 6.09 Å². The lowest BCUT2D eigenvalue weighted by Gasteiger charge is -2.01. The highest BCUT2D eigenvalue weighted by atomic mass is 35.5. The zero-order valence-electron chi connectivity index (χ0n) is 5.88. The van der Waals surface area contributed by atoms with Crippen molar-refractivity contribution in [1.82, 2.24) is 0 Å². The van der Waals surface area contributed by atoms with Crippen molar-refractivity contribution < 1.29 is 13.9 Å². The van der Waals surface area contributed by atoms with E-state index < -0.39 is 11.9 Å². The van der Waals surface area contributed by atoms with Gasteiger partial charge in [-0.2, -0.15) is 0 Å². The lowest BCUT2D eigenvalue weighted by molar-refractivity contribution is 0.210. The Morgan fingerprint density at radius 3 is 2.83 bits per heavy atom. The molecule has 0 fully saturated rings. The van der Waals surface area contributed by atoms with E-state index in [-0.39, 0.29) is 10.8 Å². The fraction of sp³-hybridized carbons (Fsp3) is 0.